The smallest absolute Gasteiger partial charge is 0.244 e. The summed E-state index contributed by atoms with van der Waals surface area (Å²) in [5.74, 6) is -0.0441. The molecule has 0 saturated carbocycles. The minimum atomic E-state index is -0.640. The molecule has 1 saturated heterocycles. The maximum absolute atomic E-state index is 12.7. The number of halogens is 2. The van der Waals surface area contributed by atoms with Crippen LogP contribution in [0.2, 0.25) is 0 Å². The third kappa shape index (κ3) is 8.10. The highest BCUT2D eigenvalue weighted by Gasteiger charge is 2.29. The van der Waals surface area contributed by atoms with Gasteiger partial charge in [0.25, 0.3) is 0 Å². The van der Waals surface area contributed by atoms with Crippen molar-refractivity contribution in [2.75, 3.05) is 46.4 Å². The first-order valence-corrected chi connectivity index (χ1v) is 9.55. The molecule has 1 fully saturated rings. The van der Waals surface area contributed by atoms with Crippen LogP contribution in [0.4, 0.5) is 0 Å². The second-order valence-corrected chi connectivity index (χ2v) is 7.06. The van der Waals surface area contributed by atoms with Crippen molar-refractivity contribution in [1.82, 2.24) is 15.1 Å². The van der Waals surface area contributed by atoms with Crippen LogP contribution < -0.4 is 11.1 Å². The summed E-state index contributed by atoms with van der Waals surface area (Å²) < 4.78 is 4.98. The monoisotopic (exact) mass is 448 g/mol. The van der Waals surface area contributed by atoms with Crippen LogP contribution in [0.25, 0.3) is 0 Å². The Labute approximate surface area is 186 Å². The van der Waals surface area contributed by atoms with Gasteiger partial charge in [0.1, 0.15) is 6.04 Å². The number of benzene rings is 1. The topological polar surface area (TPSA) is 87.9 Å². The Morgan fingerprint density at radius 1 is 1.14 bits per heavy atom. The number of hydrogen-bond acceptors (Lipinski definition) is 5. The van der Waals surface area contributed by atoms with E-state index in [1.807, 2.05) is 38.1 Å². The van der Waals surface area contributed by atoms with Gasteiger partial charge in [0.15, 0.2) is 0 Å². The van der Waals surface area contributed by atoms with Crippen molar-refractivity contribution < 1.29 is 14.3 Å². The van der Waals surface area contributed by atoms with E-state index in [0.29, 0.717) is 39.3 Å². The number of piperazine rings is 1. The summed E-state index contributed by atoms with van der Waals surface area (Å²) in [7, 11) is 1.65. The van der Waals surface area contributed by atoms with Crippen molar-refractivity contribution in [3.8, 4) is 0 Å². The summed E-state index contributed by atoms with van der Waals surface area (Å²) in [6, 6.07) is 6.89. The number of nitrogens with zero attached hydrogens (tertiary/aromatic N) is 2. The molecule has 2 rings (SSSR count). The van der Waals surface area contributed by atoms with Gasteiger partial charge in [0.05, 0.1) is 6.04 Å². The van der Waals surface area contributed by atoms with Gasteiger partial charge in [-0.25, -0.2) is 0 Å². The normalized spacial score (nSPS) is 16.2. The van der Waals surface area contributed by atoms with Crippen LogP contribution in [-0.4, -0.2) is 74.1 Å². The van der Waals surface area contributed by atoms with E-state index in [1.54, 1.807) is 12.0 Å². The maximum Gasteiger partial charge on any atom is 0.244 e. The lowest BCUT2D eigenvalue weighted by molar-refractivity contribution is -0.135. The molecule has 1 heterocycles. The second kappa shape index (κ2) is 13.8. The third-order valence-corrected chi connectivity index (χ3v) is 5.08. The molecule has 2 atom stereocenters. The van der Waals surface area contributed by atoms with E-state index in [9.17, 15) is 9.59 Å². The summed E-state index contributed by atoms with van der Waals surface area (Å²) in [5.41, 5.74) is 8.13. The molecule has 2 unspecified atom stereocenters. The molecule has 0 bridgehead atoms. The fraction of sp³-hybridized carbons (Fsp3) is 0.600. The predicted molar refractivity (Wildman–Crippen MR) is 120 cm³/mol. The number of rotatable bonds is 8. The highest BCUT2D eigenvalue weighted by molar-refractivity contribution is 5.85. The molecule has 0 aromatic heterocycles. The van der Waals surface area contributed by atoms with E-state index in [1.165, 1.54) is 0 Å². The van der Waals surface area contributed by atoms with Crippen molar-refractivity contribution in [2.24, 2.45) is 5.73 Å². The molecule has 0 aliphatic carbocycles. The van der Waals surface area contributed by atoms with Crippen molar-refractivity contribution in [3.05, 3.63) is 35.4 Å². The van der Waals surface area contributed by atoms with Gasteiger partial charge in [-0.05, 0) is 25.8 Å². The van der Waals surface area contributed by atoms with E-state index in [4.69, 9.17) is 10.5 Å². The SMILES string of the molecule is COCCCNC(=O)C(C)N1CCN(C(=O)C(N)c2ccc(C)cc2)CC1.Cl.Cl. The van der Waals surface area contributed by atoms with Gasteiger partial charge in [-0.3, -0.25) is 14.5 Å². The molecule has 7 nitrogen and oxygen atoms in total. The highest BCUT2D eigenvalue weighted by atomic mass is 35.5. The van der Waals surface area contributed by atoms with E-state index in [2.05, 4.69) is 10.2 Å². The average molecular weight is 449 g/mol. The Bertz CT molecular complexity index is 623. The van der Waals surface area contributed by atoms with Gasteiger partial charge in [-0.2, -0.15) is 0 Å². The Morgan fingerprint density at radius 3 is 2.28 bits per heavy atom. The largest absolute Gasteiger partial charge is 0.385 e. The lowest BCUT2D eigenvalue weighted by Gasteiger charge is -2.38. The van der Waals surface area contributed by atoms with Gasteiger partial charge in [-0.15, -0.1) is 24.8 Å². The molecule has 29 heavy (non-hydrogen) atoms. The molecule has 1 aliphatic rings. The first-order valence-electron chi connectivity index (χ1n) is 9.55. The van der Waals surface area contributed by atoms with Crippen LogP contribution in [0.1, 0.15) is 30.5 Å². The molecular weight excluding hydrogens is 415 g/mol. The van der Waals surface area contributed by atoms with Crippen LogP contribution >= 0.6 is 24.8 Å². The molecule has 9 heteroatoms. The zero-order chi connectivity index (χ0) is 19.8. The quantitative estimate of drug-likeness (QED) is 0.588. The minimum absolute atomic E-state index is 0. The van der Waals surface area contributed by atoms with Crippen molar-refractivity contribution in [1.29, 1.82) is 0 Å². The lowest BCUT2D eigenvalue weighted by Crippen LogP contribution is -2.56. The van der Waals surface area contributed by atoms with Gasteiger partial charge in [-0.1, -0.05) is 29.8 Å². The molecule has 0 radical (unpaired) electrons. The summed E-state index contributed by atoms with van der Waals surface area (Å²) in [4.78, 5) is 28.8. The first kappa shape index (κ1) is 27.6. The molecule has 0 spiro atoms. The van der Waals surface area contributed by atoms with Crippen molar-refractivity contribution >= 4 is 36.6 Å². The van der Waals surface area contributed by atoms with E-state index >= 15 is 0 Å². The summed E-state index contributed by atoms with van der Waals surface area (Å²) in [5, 5.41) is 2.93. The number of amides is 2. The van der Waals surface area contributed by atoms with Gasteiger partial charge < -0.3 is 20.7 Å². The van der Waals surface area contributed by atoms with Gasteiger partial charge in [0, 0.05) is 46.4 Å². The highest BCUT2D eigenvalue weighted by Crippen LogP contribution is 2.16. The fourth-order valence-electron chi connectivity index (χ4n) is 3.18. The Morgan fingerprint density at radius 2 is 1.72 bits per heavy atom. The molecule has 2 amide bonds. The summed E-state index contributed by atoms with van der Waals surface area (Å²) in [6.45, 7) is 7.65. The number of aryl methyl sites for hydroxylation is 1. The lowest BCUT2D eigenvalue weighted by atomic mass is 10.0. The van der Waals surface area contributed by atoms with Crippen LogP contribution in [0.5, 0.6) is 0 Å². The summed E-state index contributed by atoms with van der Waals surface area (Å²) >= 11 is 0. The zero-order valence-corrected chi connectivity index (χ0v) is 19.1. The Hall–Kier alpha value is -1.38. The van der Waals surface area contributed by atoms with Crippen molar-refractivity contribution in [2.45, 2.75) is 32.4 Å². The molecule has 1 aliphatic heterocycles. The zero-order valence-electron chi connectivity index (χ0n) is 17.4. The van der Waals surface area contributed by atoms with E-state index < -0.39 is 6.04 Å². The first-order chi connectivity index (χ1) is 12.9. The van der Waals surface area contributed by atoms with E-state index in [-0.39, 0.29) is 42.7 Å². The van der Waals surface area contributed by atoms with Crippen LogP contribution in [-0.2, 0) is 14.3 Å². The van der Waals surface area contributed by atoms with Gasteiger partial charge >= 0.3 is 0 Å². The number of nitrogens with one attached hydrogen (secondary N) is 1. The van der Waals surface area contributed by atoms with Crippen LogP contribution in [0, 0.1) is 6.92 Å². The predicted octanol–water partition coefficient (Wildman–Crippen LogP) is 1.52. The Balaban J connectivity index is 0.00000392. The number of methoxy groups -OCH3 is 1. The van der Waals surface area contributed by atoms with Crippen LogP contribution in [0.3, 0.4) is 0 Å². The second-order valence-electron chi connectivity index (χ2n) is 7.06. The number of carbonyl (C=O) groups excluding carboxylic acids is 2. The van der Waals surface area contributed by atoms with Crippen LogP contribution in [0.15, 0.2) is 24.3 Å². The molecule has 1 aromatic carbocycles. The standard InChI is InChI=1S/C20H32N4O3.2ClH/c1-15-5-7-17(8-6-15)18(21)20(26)24-12-10-23(11-13-24)16(2)19(25)22-9-4-14-27-3;;/h5-8,16,18H,4,9-14,21H2,1-3H3,(H,22,25);2*1H. The van der Waals surface area contributed by atoms with E-state index in [0.717, 1.165) is 17.5 Å². The number of ether oxygens (including phenoxy) is 1. The number of carbonyl (C=O) groups is 2. The molecular formula is C20H34Cl2N4O3. The minimum Gasteiger partial charge on any atom is -0.385 e. The van der Waals surface area contributed by atoms with Crippen molar-refractivity contribution in [3.63, 3.8) is 0 Å². The Kier molecular flexibility index (Phi) is 13.1. The average Bonchev–Trinajstić information content (AvgIpc) is 2.70. The summed E-state index contributed by atoms with van der Waals surface area (Å²) in [6.07, 6.45) is 0.800. The molecule has 166 valence electrons. The van der Waals surface area contributed by atoms with Gasteiger partial charge in [0.2, 0.25) is 11.8 Å². The maximum atomic E-state index is 12.7. The molecule has 3 N–H and O–H groups in total. The fourth-order valence-corrected chi connectivity index (χ4v) is 3.18. The third-order valence-electron chi connectivity index (χ3n) is 5.08. The molecule has 1 aromatic rings. The number of hydrogen-bond donors (Lipinski definition) is 2. The number of nitrogens with two attached hydrogens (primary N) is 1.